The summed E-state index contributed by atoms with van der Waals surface area (Å²) in [6.07, 6.45) is 0. The molecule has 1 spiro atoms. The van der Waals surface area contributed by atoms with Crippen LogP contribution in [-0.4, -0.2) is 15.0 Å². The summed E-state index contributed by atoms with van der Waals surface area (Å²) in [6, 6.07) is 67.2. The van der Waals surface area contributed by atoms with Gasteiger partial charge in [0.1, 0.15) is 22.3 Å². The van der Waals surface area contributed by atoms with Crippen LogP contribution >= 0.6 is 0 Å². The van der Waals surface area contributed by atoms with E-state index in [1.807, 2.05) is 78.9 Å². The van der Waals surface area contributed by atoms with Gasteiger partial charge >= 0.3 is 0 Å². The number of furan rings is 2. The van der Waals surface area contributed by atoms with Crippen molar-refractivity contribution >= 4 is 49.6 Å². The molecule has 3 heterocycles. The summed E-state index contributed by atoms with van der Waals surface area (Å²) in [7, 11) is 0. The standard InChI is InChI=1S/C59H32N4O2/c1-60-39-24-27-48-44(31-39)40-19-8-10-21-47(40)59(48)49-33-53-46(41-20-9-11-22-50(41)64-53)32-45(49)42-26-28-51-54(55(42)59)43-25-23-37(30-52(43)65-51)36-17-12-18-38(29-36)58-62-56(34-13-4-2-5-14-34)61-57(63-58)35-15-6-3-7-16-35/h2-33H. The van der Waals surface area contributed by atoms with Gasteiger partial charge in [-0.2, -0.15) is 0 Å². The predicted molar refractivity (Wildman–Crippen MR) is 259 cm³/mol. The Morgan fingerprint density at radius 2 is 1.00 bits per heavy atom. The molecule has 0 bridgehead atoms. The Labute approximate surface area is 372 Å². The Morgan fingerprint density at radius 3 is 1.80 bits per heavy atom. The maximum Gasteiger partial charge on any atom is 0.187 e. The van der Waals surface area contributed by atoms with Crippen molar-refractivity contribution in [2.24, 2.45) is 0 Å². The number of hydrogen-bond donors (Lipinski definition) is 0. The summed E-state index contributed by atoms with van der Waals surface area (Å²) in [5, 5.41) is 4.31. The van der Waals surface area contributed by atoms with Crippen LogP contribution < -0.4 is 0 Å². The van der Waals surface area contributed by atoms with Crippen LogP contribution in [0.3, 0.4) is 0 Å². The molecule has 12 aromatic rings. The van der Waals surface area contributed by atoms with Crippen LogP contribution in [0.25, 0.3) is 116 Å². The van der Waals surface area contributed by atoms with E-state index in [2.05, 4.69) is 120 Å². The minimum Gasteiger partial charge on any atom is -0.456 e. The lowest BCUT2D eigenvalue weighted by Crippen LogP contribution is -2.26. The smallest absolute Gasteiger partial charge is 0.187 e. The van der Waals surface area contributed by atoms with Gasteiger partial charge in [0.05, 0.1) is 12.0 Å². The number of fused-ring (bicyclic) bond motifs is 17. The van der Waals surface area contributed by atoms with Crippen LogP contribution in [0.15, 0.2) is 203 Å². The van der Waals surface area contributed by atoms with Gasteiger partial charge in [-0.3, -0.25) is 0 Å². The van der Waals surface area contributed by atoms with Crippen molar-refractivity contribution in [1.29, 1.82) is 0 Å². The molecule has 0 aliphatic heterocycles. The molecular weight excluding hydrogens is 797 g/mol. The maximum atomic E-state index is 7.95. The third-order valence-electron chi connectivity index (χ3n) is 13.5. The van der Waals surface area contributed by atoms with Crippen molar-refractivity contribution in [2.45, 2.75) is 5.41 Å². The summed E-state index contributed by atoms with van der Waals surface area (Å²) in [4.78, 5) is 18.8. The first-order valence-corrected chi connectivity index (χ1v) is 21.7. The molecule has 0 saturated heterocycles. The zero-order chi connectivity index (χ0) is 42.8. The van der Waals surface area contributed by atoms with E-state index >= 15 is 0 Å². The Balaban J connectivity index is 0.975. The van der Waals surface area contributed by atoms with E-state index in [4.69, 9.17) is 30.4 Å². The third kappa shape index (κ3) is 5.01. The summed E-state index contributed by atoms with van der Waals surface area (Å²) >= 11 is 0. The number of benzene rings is 9. The first-order valence-electron chi connectivity index (χ1n) is 21.7. The van der Waals surface area contributed by atoms with Gasteiger partial charge in [0.15, 0.2) is 23.2 Å². The van der Waals surface area contributed by atoms with Crippen molar-refractivity contribution < 1.29 is 8.83 Å². The molecular formula is C59H32N4O2. The molecule has 3 aromatic heterocycles. The molecule has 2 aliphatic carbocycles. The second-order valence-corrected chi connectivity index (χ2v) is 16.9. The SMILES string of the molecule is [C-]#[N+]c1ccc2c(c1)-c1ccccc1C21c2cc3oc4ccccc4c3cc2-c2ccc3oc4cc(-c5cccc(-c6nc(-c7ccccc7)nc(-c7ccccc7)n6)c5)ccc4c3c21. The molecule has 1 unspecified atom stereocenters. The van der Waals surface area contributed by atoms with Gasteiger partial charge in [-0.25, -0.2) is 19.8 Å². The quantitative estimate of drug-likeness (QED) is 0.165. The lowest BCUT2D eigenvalue weighted by molar-refractivity contribution is 0.666. The Kier molecular flexibility index (Phi) is 7.29. The summed E-state index contributed by atoms with van der Waals surface area (Å²) in [5.41, 5.74) is 17.3. The van der Waals surface area contributed by atoms with E-state index < -0.39 is 5.41 Å². The van der Waals surface area contributed by atoms with Gasteiger partial charge in [0, 0.05) is 38.2 Å². The minimum absolute atomic E-state index is 0.602. The molecule has 0 radical (unpaired) electrons. The third-order valence-corrected chi connectivity index (χ3v) is 13.5. The van der Waals surface area contributed by atoms with Crippen LogP contribution in [0.5, 0.6) is 0 Å². The molecule has 0 N–H and O–H groups in total. The van der Waals surface area contributed by atoms with Crippen LogP contribution in [0.4, 0.5) is 5.69 Å². The highest BCUT2D eigenvalue weighted by atomic mass is 16.3. The Hall–Kier alpha value is -8.92. The summed E-state index contributed by atoms with van der Waals surface area (Å²) in [6.45, 7) is 7.95. The highest BCUT2D eigenvalue weighted by Gasteiger charge is 2.53. The Morgan fingerprint density at radius 1 is 0.369 bits per heavy atom. The number of para-hydroxylation sites is 1. The van der Waals surface area contributed by atoms with E-state index in [0.717, 1.165) is 93.9 Å². The molecule has 14 rings (SSSR count). The normalized spacial score (nSPS) is 14.5. The van der Waals surface area contributed by atoms with E-state index in [9.17, 15) is 0 Å². The second-order valence-electron chi connectivity index (χ2n) is 16.9. The number of aromatic nitrogens is 3. The molecule has 65 heavy (non-hydrogen) atoms. The van der Waals surface area contributed by atoms with E-state index in [-0.39, 0.29) is 0 Å². The molecule has 0 saturated carbocycles. The first kappa shape index (κ1) is 35.7. The average molecular weight is 829 g/mol. The molecule has 6 heteroatoms. The van der Waals surface area contributed by atoms with Crippen LogP contribution in [0.1, 0.15) is 22.3 Å². The second kappa shape index (κ2) is 13.3. The van der Waals surface area contributed by atoms with Crippen LogP contribution in [0, 0.1) is 6.57 Å². The average Bonchev–Trinajstić information content (AvgIpc) is 4.10. The van der Waals surface area contributed by atoms with Gasteiger partial charge in [-0.15, -0.1) is 0 Å². The summed E-state index contributed by atoms with van der Waals surface area (Å²) in [5.74, 6) is 1.85. The van der Waals surface area contributed by atoms with Crippen LogP contribution in [-0.2, 0) is 5.41 Å². The fourth-order valence-corrected chi connectivity index (χ4v) is 10.8. The van der Waals surface area contributed by atoms with Crippen molar-refractivity contribution in [3.8, 4) is 67.5 Å². The van der Waals surface area contributed by atoms with E-state index in [0.29, 0.717) is 23.2 Å². The monoisotopic (exact) mass is 828 g/mol. The number of nitrogens with zero attached hydrogens (tertiary/aromatic N) is 4. The molecule has 0 fully saturated rings. The lowest BCUT2D eigenvalue weighted by Gasteiger charge is -2.31. The number of rotatable bonds is 4. The topological polar surface area (TPSA) is 69.3 Å². The van der Waals surface area contributed by atoms with Gasteiger partial charge in [0.25, 0.3) is 0 Å². The van der Waals surface area contributed by atoms with E-state index in [1.165, 1.54) is 22.3 Å². The molecule has 0 amide bonds. The molecule has 9 aromatic carbocycles. The minimum atomic E-state index is -0.699. The van der Waals surface area contributed by atoms with Crippen LogP contribution in [0.2, 0.25) is 0 Å². The fraction of sp³-hybridized carbons (Fsp3) is 0.0169. The fourth-order valence-electron chi connectivity index (χ4n) is 10.8. The van der Waals surface area contributed by atoms with Gasteiger partial charge in [-0.1, -0.05) is 146 Å². The Bertz CT molecular complexity index is 3970. The molecule has 6 nitrogen and oxygen atoms in total. The van der Waals surface area contributed by atoms with Crippen molar-refractivity contribution in [3.05, 3.63) is 228 Å². The zero-order valence-corrected chi connectivity index (χ0v) is 34.6. The zero-order valence-electron chi connectivity index (χ0n) is 34.6. The van der Waals surface area contributed by atoms with Gasteiger partial charge in [0.2, 0.25) is 0 Å². The lowest BCUT2D eigenvalue weighted by atomic mass is 9.69. The molecule has 1 atom stereocenters. The first-order chi connectivity index (χ1) is 32.1. The van der Waals surface area contributed by atoms with Gasteiger partial charge in [-0.05, 0) is 104 Å². The maximum absolute atomic E-state index is 7.95. The van der Waals surface area contributed by atoms with Crippen molar-refractivity contribution in [1.82, 2.24) is 15.0 Å². The van der Waals surface area contributed by atoms with E-state index in [1.54, 1.807) is 0 Å². The number of hydrogen-bond acceptors (Lipinski definition) is 5. The predicted octanol–water partition coefficient (Wildman–Crippen LogP) is 15.2. The highest BCUT2D eigenvalue weighted by Crippen LogP contribution is 2.65. The largest absolute Gasteiger partial charge is 0.456 e. The van der Waals surface area contributed by atoms with Crippen molar-refractivity contribution in [2.75, 3.05) is 0 Å². The molecule has 300 valence electrons. The van der Waals surface area contributed by atoms with Gasteiger partial charge < -0.3 is 8.83 Å². The van der Waals surface area contributed by atoms with Crippen molar-refractivity contribution in [3.63, 3.8) is 0 Å². The molecule has 2 aliphatic rings. The summed E-state index contributed by atoms with van der Waals surface area (Å²) < 4.78 is 13.5. The highest BCUT2D eigenvalue weighted by molar-refractivity contribution is 6.16.